The first-order valence-corrected chi connectivity index (χ1v) is 12.5. The van der Waals surface area contributed by atoms with Crippen LogP contribution in [-0.4, -0.2) is 67.1 Å². The third-order valence-corrected chi connectivity index (χ3v) is 6.42. The fourth-order valence-corrected chi connectivity index (χ4v) is 4.39. The van der Waals surface area contributed by atoms with Crippen molar-refractivity contribution in [3.8, 4) is 22.9 Å². The number of pyridine rings is 2. The molecule has 0 spiro atoms. The molecule has 11 nitrogen and oxygen atoms in total. The van der Waals surface area contributed by atoms with Gasteiger partial charge in [0.25, 0.3) is 5.91 Å². The Hall–Kier alpha value is -4.22. The van der Waals surface area contributed by atoms with E-state index < -0.39 is 6.09 Å². The molecule has 0 saturated carbocycles. The molecule has 11 heteroatoms. The van der Waals surface area contributed by atoms with E-state index in [-0.39, 0.29) is 24.7 Å². The molecule has 1 atom stereocenters. The average molecular weight is 518 g/mol. The Morgan fingerprint density at radius 3 is 2.84 bits per heavy atom. The van der Waals surface area contributed by atoms with Gasteiger partial charge in [-0.1, -0.05) is 24.3 Å². The van der Waals surface area contributed by atoms with E-state index in [4.69, 9.17) is 18.9 Å². The van der Waals surface area contributed by atoms with E-state index in [1.807, 2.05) is 30.3 Å². The first kappa shape index (κ1) is 24.1. The van der Waals surface area contributed by atoms with E-state index >= 15 is 0 Å². The van der Waals surface area contributed by atoms with Crippen LogP contribution in [0.1, 0.15) is 12.0 Å². The number of benzene rings is 1. The largest absolute Gasteiger partial charge is 0.480 e. The zero-order valence-corrected chi connectivity index (χ0v) is 20.6. The molecule has 0 bridgehead atoms. The summed E-state index contributed by atoms with van der Waals surface area (Å²) in [6.07, 6.45) is 0.00393. The second-order valence-corrected chi connectivity index (χ2v) is 9.27. The van der Waals surface area contributed by atoms with Crippen LogP contribution in [0, 0.1) is 0 Å². The maximum absolute atomic E-state index is 12.5. The molecule has 1 aromatic carbocycles. The lowest BCUT2D eigenvalue weighted by molar-refractivity contribution is -0.118. The van der Waals surface area contributed by atoms with Crippen LogP contribution < -0.4 is 25.0 Å². The minimum absolute atomic E-state index is 0.0469. The number of amides is 2. The van der Waals surface area contributed by atoms with Crippen LogP contribution in [0.15, 0.2) is 54.6 Å². The summed E-state index contributed by atoms with van der Waals surface area (Å²) in [6, 6.07) is 17.3. The van der Waals surface area contributed by atoms with Crippen molar-refractivity contribution in [3.05, 3.63) is 60.2 Å². The van der Waals surface area contributed by atoms with Gasteiger partial charge < -0.3 is 29.6 Å². The molecular weight excluding hydrogens is 490 g/mol. The van der Waals surface area contributed by atoms with Gasteiger partial charge in [-0.25, -0.2) is 14.8 Å². The maximum Gasteiger partial charge on any atom is 0.415 e. The van der Waals surface area contributed by atoms with Crippen LogP contribution >= 0.6 is 0 Å². The Morgan fingerprint density at radius 1 is 1.08 bits per heavy atom. The zero-order valence-electron chi connectivity index (χ0n) is 20.6. The van der Waals surface area contributed by atoms with Gasteiger partial charge >= 0.3 is 6.09 Å². The number of fused-ring (bicyclic) bond motifs is 1. The Morgan fingerprint density at radius 2 is 1.97 bits per heavy atom. The fourth-order valence-electron chi connectivity index (χ4n) is 4.39. The Balaban J connectivity index is 1.00. The fraction of sp³-hybridized carbons (Fsp3) is 0.333. The van der Waals surface area contributed by atoms with Gasteiger partial charge in [-0.3, -0.25) is 9.69 Å². The van der Waals surface area contributed by atoms with Gasteiger partial charge in [-0.2, -0.15) is 0 Å². The molecule has 2 saturated heterocycles. The molecule has 3 aliphatic heterocycles. The number of carbonyl (C=O) groups is 2. The SMILES string of the molecule is O=C1COc2ccc(N3CC(CCNCc4cccc(-c5cccc(OC6COC6)n5)c4)OC3=O)nc2N1. The number of ether oxygens (including phenoxy) is 4. The van der Waals surface area contributed by atoms with Crippen molar-refractivity contribution in [2.24, 2.45) is 0 Å². The van der Waals surface area contributed by atoms with Crippen molar-refractivity contribution in [3.63, 3.8) is 0 Å². The summed E-state index contributed by atoms with van der Waals surface area (Å²) in [5.41, 5.74) is 2.99. The van der Waals surface area contributed by atoms with Crippen molar-refractivity contribution in [2.45, 2.75) is 25.2 Å². The topological polar surface area (TPSA) is 124 Å². The second-order valence-electron chi connectivity index (χ2n) is 9.27. The predicted octanol–water partition coefficient (Wildman–Crippen LogP) is 2.76. The summed E-state index contributed by atoms with van der Waals surface area (Å²) in [7, 11) is 0. The lowest BCUT2D eigenvalue weighted by Crippen LogP contribution is -2.38. The van der Waals surface area contributed by atoms with Gasteiger partial charge in [-0.15, -0.1) is 0 Å². The van der Waals surface area contributed by atoms with E-state index in [0.717, 1.165) is 16.8 Å². The second kappa shape index (κ2) is 10.6. The molecule has 2 N–H and O–H groups in total. The van der Waals surface area contributed by atoms with Crippen molar-refractivity contribution in [2.75, 3.05) is 43.1 Å². The number of nitrogens with one attached hydrogen (secondary N) is 2. The lowest BCUT2D eigenvalue weighted by atomic mass is 10.1. The first-order chi connectivity index (χ1) is 18.6. The van der Waals surface area contributed by atoms with Crippen LogP contribution in [0.2, 0.25) is 0 Å². The van der Waals surface area contributed by atoms with Gasteiger partial charge in [0, 0.05) is 18.2 Å². The summed E-state index contributed by atoms with van der Waals surface area (Å²) < 4.78 is 21.9. The smallest absolute Gasteiger partial charge is 0.415 e. The van der Waals surface area contributed by atoms with E-state index in [2.05, 4.69) is 32.7 Å². The Labute approximate surface area is 219 Å². The lowest BCUT2D eigenvalue weighted by Gasteiger charge is -2.26. The van der Waals surface area contributed by atoms with Crippen molar-refractivity contribution in [1.29, 1.82) is 0 Å². The van der Waals surface area contributed by atoms with Crippen molar-refractivity contribution < 1.29 is 28.5 Å². The quantitative estimate of drug-likeness (QED) is 0.412. The number of nitrogens with zero attached hydrogens (tertiary/aromatic N) is 3. The Kier molecular flexibility index (Phi) is 6.76. The predicted molar refractivity (Wildman–Crippen MR) is 137 cm³/mol. The normalized spacial score (nSPS) is 18.7. The molecule has 3 aromatic rings. The molecule has 5 heterocycles. The summed E-state index contributed by atoms with van der Waals surface area (Å²) in [5.74, 6) is 1.52. The molecule has 0 aliphatic carbocycles. The standard InChI is InChI=1S/C27H27N5O6/c33-24-16-36-22-7-8-23(30-26(22)31-24)32-13-19(38-27(32)34)9-10-28-12-17-3-1-4-18(11-17)21-5-2-6-25(29-21)37-20-14-35-15-20/h1-8,11,19-20,28H,9-10,12-16H2,(H,30,31,33). The molecular formula is C27H27N5O6. The zero-order chi connectivity index (χ0) is 25.9. The first-order valence-electron chi connectivity index (χ1n) is 12.5. The van der Waals surface area contributed by atoms with E-state index in [9.17, 15) is 9.59 Å². The third-order valence-electron chi connectivity index (χ3n) is 6.42. The van der Waals surface area contributed by atoms with Gasteiger partial charge in [-0.05, 0) is 42.8 Å². The number of carbonyl (C=O) groups excluding carboxylic acids is 2. The molecule has 38 heavy (non-hydrogen) atoms. The van der Waals surface area contributed by atoms with Crippen LogP contribution in [0.4, 0.5) is 16.4 Å². The van der Waals surface area contributed by atoms with E-state index in [1.165, 1.54) is 4.90 Å². The van der Waals surface area contributed by atoms with Crippen LogP contribution in [0.3, 0.4) is 0 Å². The molecule has 2 fully saturated rings. The summed E-state index contributed by atoms with van der Waals surface area (Å²) in [6.45, 7) is 2.88. The number of anilines is 2. The van der Waals surface area contributed by atoms with Gasteiger partial charge in [0.05, 0.1) is 25.5 Å². The number of hydrogen-bond donors (Lipinski definition) is 2. The molecule has 196 valence electrons. The number of aromatic nitrogens is 2. The minimum atomic E-state index is -0.457. The molecule has 1 unspecified atom stereocenters. The highest BCUT2D eigenvalue weighted by Crippen LogP contribution is 2.30. The third kappa shape index (κ3) is 5.38. The minimum Gasteiger partial charge on any atom is -0.480 e. The maximum atomic E-state index is 12.5. The van der Waals surface area contributed by atoms with Crippen molar-refractivity contribution >= 4 is 23.6 Å². The molecule has 3 aliphatic rings. The van der Waals surface area contributed by atoms with Crippen LogP contribution in [-0.2, 0) is 20.8 Å². The average Bonchev–Trinajstić information content (AvgIpc) is 3.29. The molecule has 0 radical (unpaired) electrons. The molecule has 2 aromatic heterocycles. The van der Waals surface area contributed by atoms with E-state index in [1.54, 1.807) is 12.1 Å². The number of hydrogen-bond acceptors (Lipinski definition) is 9. The number of rotatable bonds is 9. The molecule has 6 rings (SSSR count). The highest BCUT2D eigenvalue weighted by Gasteiger charge is 2.33. The summed E-state index contributed by atoms with van der Waals surface area (Å²) in [5, 5.41) is 6.08. The van der Waals surface area contributed by atoms with Gasteiger partial charge in [0.1, 0.15) is 18.0 Å². The van der Waals surface area contributed by atoms with Gasteiger partial charge in [0.15, 0.2) is 18.2 Å². The highest BCUT2D eigenvalue weighted by atomic mass is 16.6. The Bertz CT molecular complexity index is 1350. The highest BCUT2D eigenvalue weighted by molar-refractivity contribution is 5.95. The summed E-state index contributed by atoms with van der Waals surface area (Å²) >= 11 is 0. The van der Waals surface area contributed by atoms with E-state index in [0.29, 0.717) is 62.5 Å². The van der Waals surface area contributed by atoms with Crippen LogP contribution in [0.25, 0.3) is 11.3 Å². The van der Waals surface area contributed by atoms with Gasteiger partial charge in [0.2, 0.25) is 5.88 Å². The van der Waals surface area contributed by atoms with Crippen molar-refractivity contribution in [1.82, 2.24) is 15.3 Å². The van der Waals surface area contributed by atoms with Crippen LogP contribution in [0.5, 0.6) is 11.6 Å². The summed E-state index contributed by atoms with van der Waals surface area (Å²) in [4.78, 5) is 34.5. The monoisotopic (exact) mass is 517 g/mol. The number of cyclic esters (lactones) is 1. The molecule has 2 amide bonds.